The Morgan fingerprint density at radius 3 is 2.15 bits per heavy atom. The molecule has 0 unspecified atom stereocenters. The van der Waals surface area contributed by atoms with Crippen molar-refractivity contribution in [3.63, 3.8) is 0 Å². The molecule has 0 aromatic heterocycles. The topological polar surface area (TPSA) is 32.3 Å². The van der Waals surface area contributed by atoms with Crippen molar-refractivity contribution in [2.24, 2.45) is 0 Å². The Kier molecular flexibility index (Phi) is 3.26. The van der Waals surface area contributed by atoms with Crippen molar-refractivity contribution in [1.29, 1.82) is 0 Å². The molecule has 1 aliphatic rings. The second kappa shape index (κ2) is 3.76. The van der Waals surface area contributed by atoms with E-state index in [4.69, 9.17) is 11.6 Å². The SMILES string of the molecule is CC(C)(C)NC1CCC(O)(Cl)CC1. The third-order valence-electron chi connectivity index (χ3n) is 2.39. The second-order valence-electron chi connectivity index (χ2n) is 5.09. The van der Waals surface area contributed by atoms with E-state index >= 15 is 0 Å². The van der Waals surface area contributed by atoms with Crippen LogP contribution in [0.4, 0.5) is 0 Å². The van der Waals surface area contributed by atoms with Crippen molar-refractivity contribution in [2.75, 3.05) is 0 Å². The van der Waals surface area contributed by atoms with Crippen LogP contribution in [-0.4, -0.2) is 21.7 Å². The Bertz CT molecular complexity index is 164. The molecule has 1 fully saturated rings. The van der Waals surface area contributed by atoms with E-state index in [2.05, 4.69) is 26.1 Å². The Hall–Kier alpha value is 0.210. The van der Waals surface area contributed by atoms with Gasteiger partial charge in [-0.3, -0.25) is 0 Å². The van der Waals surface area contributed by atoms with Crippen molar-refractivity contribution in [3.8, 4) is 0 Å². The van der Waals surface area contributed by atoms with Gasteiger partial charge in [0.2, 0.25) is 0 Å². The highest BCUT2D eigenvalue weighted by molar-refractivity contribution is 6.22. The van der Waals surface area contributed by atoms with Gasteiger partial charge in [-0.2, -0.15) is 0 Å². The van der Waals surface area contributed by atoms with Crippen molar-refractivity contribution in [3.05, 3.63) is 0 Å². The van der Waals surface area contributed by atoms with Crippen LogP contribution in [0.1, 0.15) is 46.5 Å². The number of aliphatic hydroxyl groups is 1. The van der Waals surface area contributed by atoms with Crippen LogP contribution in [0, 0.1) is 0 Å². The lowest BCUT2D eigenvalue weighted by Crippen LogP contribution is -2.47. The average molecular weight is 206 g/mol. The van der Waals surface area contributed by atoms with Crippen LogP contribution in [0.25, 0.3) is 0 Å². The van der Waals surface area contributed by atoms with Gasteiger partial charge in [0.25, 0.3) is 0 Å². The summed E-state index contributed by atoms with van der Waals surface area (Å²) in [5.74, 6) is 0. The van der Waals surface area contributed by atoms with Gasteiger partial charge in [-0.25, -0.2) is 0 Å². The smallest absolute Gasteiger partial charge is 0.138 e. The molecule has 3 heteroatoms. The molecule has 13 heavy (non-hydrogen) atoms. The molecular weight excluding hydrogens is 186 g/mol. The molecule has 2 N–H and O–H groups in total. The van der Waals surface area contributed by atoms with Crippen molar-refractivity contribution in [2.45, 2.75) is 63.1 Å². The number of nitrogens with one attached hydrogen (secondary N) is 1. The van der Waals surface area contributed by atoms with E-state index in [0.29, 0.717) is 18.9 Å². The Morgan fingerprint density at radius 1 is 1.31 bits per heavy atom. The van der Waals surface area contributed by atoms with Gasteiger partial charge in [-0.05, 0) is 46.5 Å². The molecule has 0 spiro atoms. The number of rotatable bonds is 1. The molecule has 0 bridgehead atoms. The Balaban J connectivity index is 2.34. The average Bonchev–Trinajstić information content (AvgIpc) is 1.91. The molecule has 78 valence electrons. The van der Waals surface area contributed by atoms with Gasteiger partial charge < -0.3 is 10.4 Å². The lowest BCUT2D eigenvalue weighted by atomic mass is 9.91. The third kappa shape index (κ3) is 4.30. The molecule has 0 aromatic carbocycles. The summed E-state index contributed by atoms with van der Waals surface area (Å²) >= 11 is 5.84. The van der Waals surface area contributed by atoms with Crippen LogP contribution < -0.4 is 5.32 Å². The second-order valence-corrected chi connectivity index (χ2v) is 5.79. The third-order valence-corrected chi connectivity index (χ3v) is 2.77. The zero-order chi connectivity index (χ0) is 10.1. The molecule has 0 saturated heterocycles. The van der Waals surface area contributed by atoms with Gasteiger partial charge in [0.1, 0.15) is 5.06 Å². The monoisotopic (exact) mass is 205 g/mol. The standard InChI is InChI=1S/C10H20ClNO/c1-9(2,3)12-8-4-6-10(11,13)7-5-8/h8,12-13H,4-7H2,1-3H3. The fraction of sp³-hybridized carbons (Fsp3) is 1.00. The highest BCUT2D eigenvalue weighted by Crippen LogP contribution is 2.32. The Morgan fingerprint density at radius 2 is 1.77 bits per heavy atom. The van der Waals surface area contributed by atoms with E-state index in [0.717, 1.165) is 12.8 Å². The minimum Gasteiger partial charge on any atom is -0.375 e. The molecule has 0 radical (unpaired) electrons. The largest absolute Gasteiger partial charge is 0.375 e. The Labute approximate surface area is 85.7 Å². The predicted octanol–water partition coefficient (Wildman–Crippen LogP) is 2.24. The van der Waals surface area contributed by atoms with Gasteiger partial charge in [0, 0.05) is 11.6 Å². The molecule has 1 aliphatic carbocycles. The van der Waals surface area contributed by atoms with Crippen molar-refractivity contribution in [1.82, 2.24) is 5.32 Å². The van der Waals surface area contributed by atoms with E-state index in [9.17, 15) is 5.11 Å². The zero-order valence-corrected chi connectivity index (χ0v) is 9.49. The number of alkyl halides is 1. The van der Waals surface area contributed by atoms with E-state index in [1.54, 1.807) is 0 Å². The van der Waals surface area contributed by atoms with Crippen molar-refractivity contribution >= 4 is 11.6 Å². The summed E-state index contributed by atoms with van der Waals surface area (Å²) in [5.41, 5.74) is 0.159. The predicted molar refractivity (Wildman–Crippen MR) is 55.9 cm³/mol. The quantitative estimate of drug-likeness (QED) is 0.644. The first-order valence-corrected chi connectivity index (χ1v) is 5.35. The molecule has 0 aromatic rings. The maximum absolute atomic E-state index is 9.53. The van der Waals surface area contributed by atoms with E-state index in [-0.39, 0.29) is 5.54 Å². The molecule has 0 heterocycles. The van der Waals surface area contributed by atoms with Gasteiger partial charge >= 0.3 is 0 Å². The normalized spacial score (nSPS) is 36.2. The van der Waals surface area contributed by atoms with Gasteiger partial charge in [-0.15, -0.1) is 0 Å². The first-order chi connectivity index (χ1) is 5.79. The first kappa shape index (κ1) is 11.3. The lowest BCUT2D eigenvalue weighted by Gasteiger charge is -2.35. The summed E-state index contributed by atoms with van der Waals surface area (Å²) in [6, 6.07) is 0.513. The van der Waals surface area contributed by atoms with Crippen LogP contribution in [0.3, 0.4) is 0 Å². The van der Waals surface area contributed by atoms with Gasteiger partial charge in [0.05, 0.1) is 0 Å². The molecule has 0 amide bonds. The van der Waals surface area contributed by atoms with Crippen LogP contribution in [0.15, 0.2) is 0 Å². The molecule has 0 atom stereocenters. The number of halogens is 1. The molecule has 1 rings (SSSR count). The van der Waals surface area contributed by atoms with E-state index < -0.39 is 5.06 Å². The highest BCUT2D eigenvalue weighted by Gasteiger charge is 2.31. The van der Waals surface area contributed by atoms with Gasteiger partial charge in [0.15, 0.2) is 0 Å². The molecular formula is C10H20ClNO. The summed E-state index contributed by atoms with van der Waals surface area (Å²) in [7, 11) is 0. The molecule has 1 saturated carbocycles. The maximum atomic E-state index is 9.53. The summed E-state index contributed by atoms with van der Waals surface area (Å²) in [5, 5.41) is 12.1. The summed E-state index contributed by atoms with van der Waals surface area (Å²) in [4.78, 5) is 0. The minimum absolute atomic E-state index is 0.159. The van der Waals surface area contributed by atoms with Crippen LogP contribution in [0.2, 0.25) is 0 Å². The van der Waals surface area contributed by atoms with Crippen molar-refractivity contribution < 1.29 is 5.11 Å². The number of hydrogen-bond acceptors (Lipinski definition) is 2. The maximum Gasteiger partial charge on any atom is 0.138 e. The summed E-state index contributed by atoms with van der Waals surface area (Å²) < 4.78 is 0. The first-order valence-electron chi connectivity index (χ1n) is 4.97. The minimum atomic E-state index is -0.934. The summed E-state index contributed by atoms with van der Waals surface area (Å²) in [6.07, 6.45) is 3.33. The lowest BCUT2D eigenvalue weighted by molar-refractivity contribution is 0.0710. The van der Waals surface area contributed by atoms with E-state index in [1.165, 1.54) is 0 Å². The zero-order valence-electron chi connectivity index (χ0n) is 8.73. The van der Waals surface area contributed by atoms with Gasteiger partial charge in [-0.1, -0.05) is 11.6 Å². The molecule has 0 aliphatic heterocycles. The van der Waals surface area contributed by atoms with Crippen LogP contribution >= 0.6 is 11.6 Å². The molecule has 2 nitrogen and oxygen atoms in total. The summed E-state index contributed by atoms with van der Waals surface area (Å²) in [6.45, 7) is 6.48. The van der Waals surface area contributed by atoms with Crippen LogP contribution in [0.5, 0.6) is 0 Å². The van der Waals surface area contributed by atoms with E-state index in [1.807, 2.05) is 0 Å². The fourth-order valence-electron chi connectivity index (χ4n) is 1.82. The van der Waals surface area contributed by atoms with Crippen LogP contribution in [-0.2, 0) is 0 Å². The fourth-order valence-corrected chi connectivity index (χ4v) is 2.04. The number of hydrogen-bond donors (Lipinski definition) is 2. The highest BCUT2D eigenvalue weighted by atomic mass is 35.5.